The molecule has 4 rings (SSSR count). The van der Waals surface area contributed by atoms with E-state index in [-0.39, 0.29) is 29.1 Å². The van der Waals surface area contributed by atoms with E-state index in [1.54, 1.807) is 24.4 Å². The van der Waals surface area contributed by atoms with Crippen molar-refractivity contribution in [1.82, 2.24) is 15.0 Å². The number of aromatic nitrogens is 3. The molecular weight excluding hydrogens is 386 g/mol. The van der Waals surface area contributed by atoms with Crippen LogP contribution in [0.2, 0.25) is 0 Å². The average molecular weight is 402 g/mol. The first-order valence-electron chi connectivity index (χ1n) is 9.09. The molecule has 0 saturated carbocycles. The van der Waals surface area contributed by atoms with Gasteiger partial charge in [0, 0.05) is 23.2 Å². The highest BCUT2D eigenvalue weighted by Gasteiger charge is 2.19. The molecule has 1 unspecified atom stereocenters. The summed E-state index contributed by atoms with van der Waals surface area (Å²) in [5.41, 5.74) is 8.41. The Morgan fingerprint density at radius 2 is 1.87 bits per heavy atom. The van der Waals surface area contributed by atoms with Gasteiger partial charge in [0.2, 0.25) is 0 Å². The summed E-state index contributed by atoms with van der Waals surface area (Å²) in [6, 6.07) is 12.1. The number of nitrogen functional groups attached to an aromatic ring is 1. The number of nitrogens with two attached hydrogens (primary N) is 1. The quantitative estimate of drug-likeness (QED) is 0.518. The van der Waals surface area contributed by atoms with Crippen LogP contribution in [0.5, 0.6) is 0 Å². The van der Waals surface area contributed by atoms with Gasteiger partial charge in [-0.2, -0.15) is 5.26 Å². The van der Waals surface area contributed by atoms with Crippen molar-refractivity contribution in [3.05, 3.63) is 77.8 Å². The summed E-state index contributed by atoms with van der Waals surface area (Å²) in [7, 11) is 0. The lowest BCUT2D eigenvalue weighted by Gasteiger charge is -2.21. The van der Waals surface area contributed by atoms with Crippen molar-refractivity contribution in [2.24, 2.45) is 0 Å². The van der Waals surface area contributed by atoms with E-state index in [4.69, 9.17) is 5.73 Å². The number of halogens is 2. The molecule has 0 bridgehead atoms. The Bertz CT molecular complexity index is 1300. The van der Waals surface area contributed by atoms with Gasteiger partial charge in [-0.25, -0.2) is 18.7 Å². The van der Waals surface area contributed by atoms with Gasteiger partial charge in [0.25, 0.3) is 0 Å². The molecule has 0 fully saturated rings. The third kappa shape index (κ3) is 3.49. The fraction of sp³-hybridized carbons (Fsp3) is 0.0909. The number of hydrogen-bond acceptors (Lipinski definition) is 6. The maximum absolute atomic E-state index is 14.0. The second kappa shape index (κ2) is 7.72. The third-order valence-corrected chi connectivity index (χ3v) is 4.78. The number of rotatable bonds is 4. The SMILES string of the molecule is CC(Nc1ncnc(N)c1C#N)c1cnc2cc(F)ccc2c1-c1cccc(F)c1. The smallest absolute Gasteiger partial charge is 0.150 e. The number of nitrogens with zero attached hydrogens (tertiary/aromatic N) is 4. The highest BCUT2D eigenvalue weighted by atomic mass is 19.1. The van der Waals surface area contributed by atoms with Crippen LogP contribution in [0.4, 0.5) is 20.4 Å². The Morgan fingerprint density at radius 3 is 2.63 bits per heavy atom. The molecule has 8 heteroatoms. The first-order chi connectivity index (χ1) is 14.5. The molecule has 2 heterocycles. The molecule has 2 aromatic carbocycles. The van der Waals surface area contributed by atoms with E-state index >= 15 is 0 Å². The van der Waals surface area contributed by atoms with E-state index in [2.05, 4.69) is 20.3 Å². The molecule has 0 saturated heterocycles. The van der Waals surface area contributed by atoms with Crippen molar-refractivity contribution in [3.63, 3.8) is 0 Å². The maximum Gasteiger partial charge on any atom is 0.150 e. The zero-order valence-electron chi connectivity index (χ0n) is 15.9. The van der Waals surface area contributed by atoms with Crippen LogP contribution in [-0.2, 0) is 0 Å². The summed E-state index contributed by atoms with van der Waals surface area (Å²) >= 11 is 0. The number of benzene rings is 2. The summed E-state index contributed by atoms with van der Waals surface area (Å²) in [5, 5.41) is 13.2. The molecule has 1 atom stereocenters. The van der Waals surface area contributed by atoms with E-state index in [1.165, 1.54) is 30.6 Å². The van der Waals surface area contributed by atoms with Gasteiger partial charge in [-0.1, -0.05) is 12.1 Å². The molecule has 0 aliphatic heterocycles. The van der Waals surface area contributed by atoms with Crippen molar-refractivity contribution in [2.45, 2.75) is 13.0 Å². The van der Waals surface area contributed by atoms with Crippen molar-refractivity contribution < 1.29 is 8.78 Å². The Kier molecular flexibility index (Phi) is 4.94. The van der Waals surface area contributed by atoms with Crippen LogP contribution in [-0.4, -0.2) is 15.0 Å². The Morgan fingerprint density at radius 1 is 1.07 bits per heavy atom. The van der Waals surface area contributed by atoms with Crippen molar-refractivity contribution in [1.29, 1.82) is 5.26 Å². The van der Waals surface area contributed by atoms with Crippen LogP contribution >= 0.6 is 0 Å². The summed E-state index contributed by atoms with van der Waals surface area (Å²) in [6.07, 6.45) is 2.87. The lowest BCUT2D eigenvalue weighted by Crippen LogP contribution is -2.12. The molecule has 0 radical (unpaired) electrons. The first-order valence-corrected chi connectivity index (χ1v) is 9.09. The summed E-state index contributed by atoms with van der Waals surface area (Å²) < 4.78 is 27.7. The molecule has 2 aromatic heterocycles. The molecular formula is C22H16F2N6. The molecule has 0 amide bonds. The molecule has 4 aromatic rings. The molecule has 6 nitrogen and oxygen atoms in total. The van der Waals surface area contributed by atoms with E-state index in [1.807, 2.05) is 13.0 Å². The number of pyridine rings is 1. The predicted octanol–water partition coefficient (Wildman–Crippen LogP) is 4.60. The molecule has 0 spiro atoms. The molecule has 148 valence electrons. The van der Waals surface area contributed by atoms with E-state index in [0.29, 0.717) is 22.0 Å². The van der Waals surface area contributed by atoms with E-state index in [0.717, 1.165) is 5.56 Å². The zero-order chi connectivity index (χ0) is 21.3. The zero-order valence-corrected chi connectivity index (χ0v) is 15.9. The number of nitrogens with one attached hydrogen (secondary N) is 1. The number of fused-ring (bicyclic) bond motifs is 1. The largest absolute Gasteiger partial charge is 0.382 e. The number of nitriles is 1. The fourth-order valence-electron chi connectivity index (χ4n) is 3.38. The molecule has 0 aliphatic rings. The number of hydrogen-bond donors (Lipinski definition) is 2. The minimum atomic E-state index is -0.408. The van der Waals surface area contributed by atoms with Crippen LogP contribution in [0, 0.1) is 23.0 Å². The Hall–Kier alpha value is -4.12. The highest BCUT2D eigenvalue weighted by molar-refractivity contribution is 5.96. The minimum absolute atomic E-state index is 0.0691. The van der Waals surface area contributed by atoms with Gasteiger partial charge >= 0.3 is 0 Å². The van der Waals surface area contributed by atoms with Gasteiger partial charge in [-0.15, -0.1) is 0 Å². The number of anilines is 2. The van der Waals surface area contributed by atoms with Crippen LogP contribution in [0.15, 0.2) is 55.0 Å². The van der Waals surface area contributed by atoms with Gasteiger partial charge in [-0.05, 0) is 42.3 Å². The fourth-order valence-corrected chi connectivity index (χ4v) is 3.38. The first kappa shape index (κ1) is 19.2. The molecule has 30 heavy (non-hydrogen) atoms. The van der Waals surface area contributed by atoms with Crippen LogP contribution in [0.25, 0.3) is 22.0 Å². The van der Waals surface area contributed by atoms with E-state index in [9.17, 15) is 14.0 Å². The summed E-state index contributed by atoms with van der Waals surface area (Å²) in [4.78, 5) is 12.3. The van der Waals surface area contributed by atoms with Crippen molar-refractivity contribution in [3.8, 4) is 17.2 Å². The van der Waals surface area contributed by atoms with Gasteiger partial charge < -0.3 is 11.1 Å². The summed E-state index contributed by atoms with van der Waals surface area (Å²) in [6.45, 7) is 1.86. The second-order valence-corrected chi connectivity index (χ2v) is 6.72. The van der Waals surface area contributed by atoms with Gasteiger partial charge in [0.05, 0.1) is 11.6 Å². The minimum Gasteiger partial charge on any atom is -0.382 e. The predicted molar refractivity (Wildman–Crippen MR) is 110 cm³/mol. The topological polar surface area (TPSA) is 101 Å². The lowest BCUT2D eigenvalue weighted by molar-refractivity contribution is 0.628. The van der Waals surface area contributed by atoms with Crippen LogP contribution in [0.1, 0.15) is 24.1 Å². The van der Waals surface area contributed by atoms with Crippen LogP contribution < -0.4 is 11.1 Å². The summed E-state index contributed by atoms with van der Waals surface area (Å²) in [5.74, 6) is -0.447. The van der Waals surface area contributed by atoms with Crippen molar-refractivity contribution >= 4 is 22.5 Å². The highest BCUT2D eigenvalue weighted by Crippen LogP contribution is 2.36. The standard InChI is InChI=1S/C22H16F2N6/c1-12(30-22-17(9-25)21(26)28-11-29-22)18-10-27-19-8-15(24)5-6-16(19)20(18)13-3-2-4-14(23)7-13/h2-8,10-12H,1H3,(H3,26,28,29,30). The Balaban J connectivity index is 1.89. The third-order valence-electron chi connectivity index (χ3n) is 4.78. The second-order valence-electron chi connectivity index (χ2n) is 6.72. The van der Waals surface area contributed by atoms with Gasteiger partial charge in [-0.3, -0.25) is 4.98 Å². The Labute approximate surface area is 171 Å². The monoisotopic (exact) mass is 402 g/mol. The normalized spacial score (nSPS) is 11.8. The molecule has 3 N–H and O–H groups in total. The maximum atomic E-state index is 14.0. The van der Waals surface area contributed by atoms with E-state index < -0.39 is 5.82 Å². The van der Waals surface area contributed by atoms with Crippen molar-refractivity contribution in [2.75, 3.05) is 11.1 Å². The van der Waals surface area contributed by atoms with Gasteiger partial charge in [0.1, 0.15) is 41.2 Å². The molecule has 0 aliphatic carbocycles. The van der Waals surface area contributed by atoms with Gasteiger partial charge in [0.15, 0.2) is 0 Å². The lowest BCUT2D eigenvalue weighted by atomic mass is 9.93. The average Bonchev–Trinajstić information content (AvgIpc) is 2.73. The van der Waals surface area contributed by atoms with Crippen LogP contribution in [0.3, 0.4) is 0 Å².